The van der Waals surface area contributed by atoms with Gasteiger partial charge in [0.05, 0.1) is 6.10 Å². The van der Waals surface area contributed by atoms with Crippen LogP contribution in [0.3, 0.4) is 0 Å². The quantitative estimate of drug-likeness (QED) is 0.698. The van der Waals surface area contributed by atoms with Crippen molar-refractivity contribution in [3.05, 3.63) is 0 Å². The number of ketones is 2. The fourth-order valence-electron chi connectivity index (χ4n) is 7.80. The van der Waals surface area contributed by atoms with E-state index in [0.29, 0.717) is 12.3 Å². The molecule has 2 N–H and O–H groups in total. The van der Waals surface area contributed by atoms with Gasteiger partial charge in [-0.05, 0) is 68.1 Å². The molecule has 0 aromatic carbocycles. The highest BCUT2D eigenvalue weighted by Gasteiger charge is 2.69. The molecule has 0 radical (unpaired) electrons. The zero-order chi connectivity index (χ0) is 21.2. The minimum absolute atomic E-state index is 0.0438. The molecule has 0 unspecified atom stereocenters. The van der Waals surface area contributed by atoms with Gasteiger partial charge in [0.2, 0.25) is 5.78 Å². The number of ether oxygens (including phenoxy) is 1. The second kappa shape index (κ2) is 6.88. The highest BCUT2D eigenvalue weighted by molar-refractivity contribution is 5.93. The minimum Gasteiger partial charge on any atom is -0.458 e. The zero-order valence-electron chi connectivity index (χ0n) is 17.8. The Kier molecular flexibility index (Phi) is 4.97. The lowest BCUT2D eigenvalue weighted by Gasteiger charge is -2.60. The number of aliphatic hydroxyl groups excluding tert-OH is 1. The monoisotopic (exact) mass is 406 g/mol. The zero-order valence-corrected chi connectivity index (χ0v) is 17.8. The third kappa shape index (κ3) is 2.93. The van der Waals surface area contributed by atoms with Gasteiger partial charge in [-0.1, -0.05) is 13.8 Å². The molecule has 4 aliphatic carbocycles. The molecule has 4 aliphatic rings. The maximum absolute atomic E-state index is 13.5. The number of hydrogen-bond acceptors (Lipinski definition) is 6. The molecule has 0 saturated heterocycles. The summed E-state index contributed by atoms with van der Waals surface area (Å²) in [6.07, 6.45) is 5.28. The van der Waals surface area contributed by atoms with E-state index in [4.69, 9.17) is 4.74 Å². The number of fused-ring (bicyclic) bond motifs is 5. The van der Waals surface area contributed by atoms with Gasteiger partial charge in [-0.3, -0.25) is 14.4 Å². The van der Waals surface area contributed by atoms with Crippen LogP contribution in [0.25, 0.3) is 0 Å². The molecule has 162 valence electrons. The normalized spacial score (nSPS) is 49.0. The summed E-state index contributed by atoms with van der Waals surface area (Å²) in [6.45, 7) is 4.93. The molecule has 29 heavy (non-hydrogen) atoms. The molecule has 4 rings (SSSR count). The van der Waals surface area contributed by atoms with Crippen molar-refractivity contribution < 1.29 is 29.3 Å². The van der Waals surface area contributed by atoms with Crippen LogP contribution in [0.1, 0.15) is 72.1 Å². The highest BCUT2D eigenvalue weighted by atomic mass is 16.5. The summed E-state index contributed by atoms with van der Waals surface area (Å²) in [4.78, 5) is 37.5. The lowest BCUT2D eigenvalue weighted by Crippen LogP contribution is -2.62. The van der Waals surface area contributed by atoms with Gasteiger partial charge < -0.3 is 14.9 Å². The highest BCUT2D eigenvalue weighted by Crippen LogP contribution is 2.67. The van der Waals surface area contributed by atoms with Crippen molar-refractivity contribution in [3.8, 4) is 0 Å². The second-order valence-electron chi connectivity index (χ2n) is 10.6. The van der Waals surface area contributed by atoms with Crippen molar-refractivity contribution in [2.75, 3.05) is 6.61 Å². The first kappa shape index (κ1) is 21.0. The van der Waals surface area contributed by atoms with Crippen LogP contribution in [0.15, 0.2) is 0 Å². The van der Waals surface area contributed by atoms with Crippen LogP contribution in [0.2, 0.25) is 0 Å². The minimum atomic E-state index is -1.62. The molecule has 0 heterocycles. The van der Waals surface area contributed by atoms with Crippen molar-refractivity contribution in [2.45, 2.75) is 83.8 Å². The molecule has 0 spiro atoms. The molecular weight excluding hydrogens is 372 g/mol. The van der Waals surface area contributed by atoms with Gasteiger partial charge in [0.15, 0.2) is 6.61 Å². The van der Waals surface area contributed by atoms with Crippen LogP contribution < -0.4 is 0 Å². The summed E-state index contributed by atoms with van der Waals surface area (Å²) in [7, 11) is 0. The summed E-state index contributed by atoms with van der Waals surface area (Å²) >= 11 is 0. The number of rotatable bonds is 3. The van der Waals surface area contributed by atoms with Crippen LogP contribution in [0, 0.1) is 34.5 Å². The van der Waals surface area contributed by atoms with E-state index in [2.05, 4.69) is 6.92 Å². The van der Waals surface area contributed by atoms with Crippen molar-refractivity contribution in [1.82, 2.24) is 0 Å². The van der Waals surface area contributed by atoms with E-state index in [-0.39, 0.29) is 41.5 Å². The number of Topliss-reactive ketones (excluding diaryl/α,β-unsaturated/α-hetero) is 2. The van der Waals surface area contributed by atoms with Crippen molar-refractivity contribution >= 4 is 17.5 Å². The first-order chi connectivity index (χ1) is 13.5. The predicted octanol–water partition coefficient (Wildman–Crippen LogP) is 2.43. The Hall–Kier alpha value is -1.27. The van der Waals surface area contributed by atoms with E-state index in [1.807, 2.05) is 6.92 Å². The number of esters is 1. The predicted molar refractivity (Wildman–Crippen MR) is 105 cm³/mol. The fraction of sp³-hybridized carbons (Fsp3) is 0.870. The number of carbonyl (C=O) groups is 3. The first-order valence-electron chi connectivity index (χ1n) is 11.1. The molecule has 6 heteroatoms. The van der Waals surface area contributed by atoms with E-state index in [0.717, 1.165) is 38.5 Å². The van der Waals surface area contributed by atoms with E-state index in [1.165, 1.54) is 6.92 Å². The average Bonchev–Trinajstić information content (AvgIpc) is 2.91. The molecule has 0 aromatic heterocycles. The van der Waals surface area contributed by atoms with Gasteiger partial charge in [-0.2, -0.15) is 0 Å². The Morgan fingerprint density at radius 1 is 1.14 bits per heavy atom. The second-order valence-corrected chi connectivity index (χ2v) is 10.6. The number of hydrogen-bond donors (Lipinski definition) is 2. The van der Waals surface area contributed by atoms with E-state index in [1.54, 1.807) is 0 Å². The molecule has 0 bridgehead atoms. The Balaban J connectivity index is 1.63. The first-order valence-corrected chi connectivity index (χ1v) is 11.1. The van der Waals surface area contributed by atoms with Crippen molar-refractivity contribution in [2.24, 2.45) is 34.5 Å². The third-order valence-electron chi connectivity index (χ3n) is 9.35. The molecule has 0 aliphatic heterocycles. The van der Waals surface area contributed by atoms with Crippen LogP contribution in [0.4, 0.5) is 0 Å². The van der Waals surface area contributed by atoms with Crippen LogP contribution in [0.5, 0.6) is 0 Å². The standard InChI is InChI=1S/C23H34O6/c1-13(24)29-12-19(27)23(28)9-7-17-16-5-4-14-10-15(25)6-8-21(14,2)20(16)18(26)11-22(17,23)3/h14-17,20,25,28H,4-12H2,1-3H3/t14-,15+,16-,17+,20+,21-,22+,23+/m0/s1. The van der Waals surface area contributed by atoms with Gasteiger partial charge in [0, 0.05) is 24.7 Å². The Morgan fingerprint density at radius 2 is 1.86 bits per heavy atom. The molecule has 0 amide bonds. The van der Waals surface area contributed by atoms with Crippen LogP contribution >= 0.6 is 0 Å². The summed E-state index contributed by atoms with van der Waals surface area (Å²) in [5, 5.41) is 21.6. The number of carbonyl (C=O) groups excluding carboxylic acids is 3. The van der Waals surface area contributed by atoms with Crippen molar-refractivity contribution in [1.29, 1.82) is 0 Å². The average molecular weight is 407 g/mol. The van der Waals surface area contributed by atoms with E-state index >= 15 is 0 Å². The molecule has 0 aromatic rings. The summed E-state index contributed by atoms with van der Waals surface area (Å²) in [5.74, 6) is -0.256. The Bertz CT molecular complexity index is 733. The van der Waals surface area contributed by atoms with Gasteiger partial charge >= 0.3 is 5.97 Å². The SMILES string of the molecule is CC(=O)OCC(=O)[C@]1(O)CC[C@@H]2[C@@H]3CC[C@H]4C[C@H](O)CC[C@]4(C)[C@H]3C(=O)C[C@]21C. The lowest BCUT2D eigenvalue weighted by atomic mass is 9.44. The lowest BCUT2D eigenvalue weighted by molar-refractivity contribution is -0.181. The van der Waals surface area contributed by atoms with Crippen molar-refractivity contribution in [3.63, 3.8) is 0 Å². The van der Waals surface area contributed by atoms with Gasteiger partial charge in [-0.15, -0.1) is 0 Å². The Labute approximate surface area is 172 Å². The van der Waals surface area contributed by atoms with Gasteiger partial charge in [-0.25, -0.2) is 0 Å². The third-order valence-corrected chi connectivity index (χ3v) is 9.35. The fourth-order valence-corrected chi connectivity index (χ4v) is 7.80. The summed E-state index contributed by atoms with van der Waals surface area (Å²) in [5.41, 5.74) is -2.52. The maximum Gasteiger partial charge on any atom is 0.303 e. The summed E-state index contributed by atoms with van der Waals surface area (Å²) in [6, 6.07) is 0. The van der Waals surface area contributed by atoms with Gasteiger partial charge in [0.25, 0.3) is 0 Å². The van der Waals surface area contributed by atoms with Crippen LogP contribution in [-0.4, -0.2) is 46.1 Å². The van der Waals surface area contributed by atoms with Gasteiger partial charge in [0.1, 0.15) is 11.4 Å². The molecule has 4 fully saturated rings. The molecule has 6 nitrogen and oxygen atoms in total. The Morgan fingerprint density at radius 3 is 2.55 bits per heavy atom. The number of aliphatic hydroxyl groups is 2. The topological polar surface area (TPSA) is 101 Å². The molecular formula is C23H34O6. The molecule has 8 atom stereocenters. The largest absolute Gasteiger partial charge is 0.458 e. The maximum atomic E-state index is 13.5. The van der Waals surface area contributed by atoms with E-state index < -0.39 is 29.4 Å². The van der Waals surface area contributed by atoms with Crippen LogP contribution in [-0.2, 0) is 19.1 Å². The summed E-state index contributed by atoms with van der Waals surface area (Å²) < 4.78 is 4.88. The molecule has 4 saturated carbocycles. The smallest absolute Gasteiger partial charge is 0.303 e. The van der Waals surface area contributed by atoms with E-state index in [9.17, 15) is 24.6 Å².